The number of aryl methyl sites for hydroxylation is 1. The molecule has 5 heteroatoms. The van der Waals surface area contributed by atoms with Gasteiger partial charge < -0.3 is 4.74 Å². The fraction of sp³-hybridized carbons (Fsp3) is 0.143. The van der Waals surface area contributed by atoms with Crippen molar-refractivity contribution >= 4 is 15.9 Å². The van der Waals surface area contributed by atoms with Crippen molar-refractivity contribution in [3.8, 4) is 5.75 Å². The molecular formula is C14H10BrF3O. The largest absolute Gasteiger partial charge is 0.486 e. The van der Waals surface area contributed by atoms with Crippen LogP contribution in [-0.2, 0) is 6.61 Å². The molecule has 0 radical (unpaired) electrons. The van der Waals surface area contributed by atoms with E-state index >= 15 is 0 Å². The summed E-state index contributed by atoms with van der Waals surface area (Å²) in [4.78, 5) is 0. The van der Waals surface area contributed by atoms with Crippen molar-refractivity contribution in [3.05, 3.63) is 63.4 Å². The zero-order valence-corrected chi connectivity index (χ0v) is 11.6. The Morgan fingerprint density at radius 1 is 1.11 bits per heavy atom. The Morgan fingerprint density at radius 2 is 1.84 bits per heavy atom. The maximum absolute atomic E-state index is 13.5. The number of hydrogen-bond acceptors (Lipinski definition) is 1. The summed E-state index contributed by atoms with van der Waals surface area (Å²) in [5.41, 5.74) is 1.40. The van der Waals surface area contributed by atoms with Crippen molar-refractivity contribution in [2.24, 2.45) is 0 Å². The van der Waals surface area contributed by atoms with Crippen LogP contribution in [0.2, 0.25) is 0 Å². The molecule has 0 atom stereocenters. The van der Waals surface area contributed by atoms with Crippen LogP contribution in [0.1, 0.15) is 11.1 Å². The summed E-state index contributed by atoms with van der Waals surface area (Å²) in [6, 6.07) is 6.57. The summed E-state index contributed by atoms with van der Waals surface area (Å²) in [6.07, 6.45) is 0. The maximum atomic E-state index is 13.5. The summed E-state index contributed by atoms with van der Waals surface area (Å²) in [7, 11) is 0. The van der Waals surface area contributed by atoms with E-state index in [1.54, 1.807) is 13.0 Å². The van der Waals surface area contributed by atoms with Gasteiger partial charge in [0.15, 0.2) is 11.6 Å². The van der Waals surface area contributed by atoms with Gasteiger partial charge in [0.25, 0.3) is 0 Å². The van der Waals surface area contributed by atoms with E-state index in [2.05, 4.69) is 15.9 Å². The van der Waals surface area contributed by atoms with Crippen molar-refractivity contribution in [2.45, 2.75) is 13.5 Å². The van der Waals surface area contributed by atoms with Gasteiger partial charge in [-0.05, 0) is 42.3 Å². The van der Waals surface area contributed by atoms with Crippen LogP contribution in [0, 0.1) is 24.4 Å². The standard InChI is InChI=1S/C14H10BrF3O/c1-8-4-11(16)3-2-9(8)7-19-13-6-10(15)5-12(17)14(13)18/h2-6H,7H2,1H3. The first-order chi connectivity index (χ1) is 8.97. The van der Waals surface area contributed by atoms with Gasteiger partial charge in [-0.15, -0.1) is 0 Å². The monoisotopic (exact) mass is 330 g/mol. The first-order valence-electron chi connectivity index (χ1n) is 5.50. The van der Waals surface area contributed by atoms with E-state index in [0.29, 0.717) is 15.6 Å². The van der Waals surface area contributed by atoms with Crippen LogP contribution in [-0.4, -0.2) is 0 Å². The normalized spacial score (nSPS) is 10.6. The highest BCUT2D eigenvalue weighted by atomic mass is 79.9. The predicted molar refractivity (Wildman–Crippen MR) is 69.5 cm³/mol. The Hall–Kier alpha value is -1.49. The SMILES string of the molecule is Cc1cc(F)ccc1COc1cc(Br)cc(F)c1F. The second-order valence-electron chi connectivity index (χ2n) is 4.06. The van der Waals surface area contributed by atoms with E-state index in [1.807, 2.05) is 0 Å². The van der Waals surface area contributed by atoms with Crippen LogP contribution < -0.4 is 4.74 Å². The highest BCUT2D eigenvalue weighted by Gasteiger charge is 2.12. The molecule has 0 saturated heterocycles. The molecule has 100 valence electrons. The number of benzene rings is 2. The molecule has 0 aliphatic heterocycles. The molecule has 19 heavy (non-hydrogen) atoms. The first kappa shape index (κ1) is 13.9. The summed E-state index contributed by atoms with van der Waals surface area (Å²) >= 11 is 3.06. The minimum Gasteiger partial charge on any atom is -0.486 e. The summed E-state index contributed by atoms with van der Waals surface area (Å²) in [6.45, 7) is 1.76. The second kappa shape index (κ2) is 5.65. The molecule has 0 saturated carbocycles. The van der Waals surface area contributed by atoms with Crippen molar-refractivity contribution in [2.75, 3.05) is 0 Å². The molecule has 0 aliphatic rings. The van der Waals surface area contributed by atoms with Crippen molar-refractivity contribution in [3.63, 3.8) is 0 Å². The minimum atomic E-state index is -1.04. The van der Waals surface area contributed by atoms with Crippen LogP contribution in [0.15, 0.2) is 34.8 Å². The van der Waals surface area contributed by atoms with E-state index < -0.39 is 11.6 Å². The Labute approximate surface area is 117 Å². The Balaban J connectivity index is 2.19. The molecule has 0 fully saturated rings. The van der Waals surface area contributed by atoms with Crippen LogP contribution in [0.5, 0.6) is 5.75 Å². The lowest BCUT2D eigenvalue weighted by Gasteiger charge is -2.10. The van der Waals surface area contributed by atoms with E-state index in [-0.39, 0.29) is 18.2 Å². The molecule has 0 aromatic heterocycles. The van der Waals surface area contributed by atoms with E-state index in [0.717, 1.165) is 6.07 Å². The average molecular weight is 331 g/mol. The Bertz CT molecular complexity index is 614. The van der Waals surface area contributed by atoms with E-state index in [4.69, 9.17) is 4.74 Å². The lowest BCUT2D eigenvalue weighted by molar-refractivity contribution is 0.283. The van der Waals surface area contributed by atoms with Gasteiger partial charge in [0, 0.05) is 4.47 Å². The van der Waals surface area contributed by atoms with Crippen molar-refractivity contribution in [1.82, 2.24) is 0 Å². The number of ether oxygens (including phenoxy) is 1. The molecule has 0 bridgehead atoms. The highest BCUT2D eigenvalue weighted by molar-refractivity contribution is 9.10. The quantitative estimate of drug-likeness (QED) is 0.737. The third-order valence-corrected chi connectivity index (χ3v) is 3.11. The van der Waals surface area contributed by atoms with E-state index in [1.165, 1.54) is 18.2 Å². The van der Waals surface area contributed by atoms with Crippen LogP contribution in [0.3, 0.4) is 0 Å². The van der Waals surface area contributed by atoms with Gasteiger partial charge in [-0.25, -0.2) is 8.78 Å². The van der Waals surface area contributed by atoms with Gasteiger partial charge in [-0.3, -0.25) is 0 Å². The molecule has 0 N–H and O–H groups in total. The van der Waals surface area contributed by atoms with Gasteiger partial charge in [-0.2, -0.15) is 4.39 Å². The lowest BCUT2D eigenvalue weighted by Crippen LogP contribution is -2.01. The van der Waals surface area contributed by atoms with Gasteiger partial charge in [-0.1, -0.05) is 22.0 Å². The molecule has 0 spiro atoms. The summed E-state index contributed by atoms with van der Waals surface area (Å²) in [5, 5.41) is 0. The topological polar surface area (TPSA) is 9.23 Å². The Morgan fingerprint density at radius 3 is 2.53 bits per heavy atom. The molecule has 2 rings (SSSR count). The van der Waals surface area contributed by atoms with Crippen molar-refractivity contribution < 1.29 is 17.9 Å². The zero-order chi connectivity index (χ0) is 14.0. The summed E-state index contributed by atoms with van der Waals surface area (Å²) < 4.78 is 45.2. The number of rotatable bonds is 3. The fourth-order valence-electron chi connectivity index (χ4n) is 1.61. The fourth-order valence-corrected chi connectivity index (χ4v) is 2.02. The van der Waals surface area contributed by atoms with E-state index in [9.17, 15) is 13.2 Å². The molecule has 0 amide bonds. The second-order valence-corrected chi connectivity index (χ2v) is 4.97. The smallest absolute Gasteiger partial charge is 0.200 e. The molecule has 1 nitrogen and oxygen atoms in total. The minimum absolute atomic E-state index is 0.0406. The zero-order valence-electron chi connectivity index (χ0n) is 10.0. The summed E-state index contributed by atoms with van der Waals surface area (Å²) in [5.74, 6) is -2.56. The highest BCUT2D eigenvalue weighted by Crippen LogP contribution is 2.26. The average Bonchev–Trinajstić information content (AvgIpc) is 2.33. The maximum Gasteiger partial charge on any atom is 0.200 e. The van der Waals surface area contributed by atoms with Crippen molar-refractivity contribution in [1.29, 1.82) is 0 Å². The van der Waals surface area contributed by atoms with Gasteiger partial charge in [0.05, 0.1) is 0 Å². The third kappa shape index (κ3) is 3.29. The van der Waals surface area contributed by atoms with Crippen LogP contribution in [0.4, 0.5) is 13.2 Å². The van der Waals surface area contributed by atoms with Gasteiger partial charge in [0.2, 0.25) is 5.82 Å². The Kier molecular flexibility index (Phi) is 4.14. The molecule has 0 heterocycles. The lowest BCUT2D eigenvalue weighted by atomic mass is 10.1. The third-order valence-electron chi connectivity index (χ3n) is 2.65. The molecule has 2 aromatic carbocycles. The molecule has 2 aromatic rings. The molecule has 0 aliphatic carbocycles. The van der Waals surface area contributed by atoms with Crippen LogP contribution in [0.25, 0.3) is 0 Å². The van der Waals surface area contributed by atoms with Gasteiger partial charge in [0.1, 0.15) is 12.4 Å². The number of hydrogen-bond donors (Lipinski definition) is 0. The molecule has 0 unspecified atom stereocenters. The first-order valence-corrected chi connectivity index (χ1v) is 6.29. The number of halogens is 4. The van der Waals surface area contributed by atoms with Crippen LogP contribution >= 0.6 is 15.9 Å². The predicted octanol–water partition coefficient (Wildman–Crippen LogP) is 4.75. The molecular weight excluding hydrogens is 321 g/mol. The van der Waals surface area contributed by atoms with Gasteiger partial charge >= 0.3 is 0 Å².